The molecule has 1 aliphatic heterocycles. The summed E-state index contributed by atoms with van der Waals surface area (Å²) >= 11 is 0. The predicted molar refractivity (Wildman–Crippen MR) is 96.2 cm³/mol. The summed E-state index contributed by atoms with van der Waals surface area (Å²) in [6.07, 6.45) is -1.71. The molecule has 4 rings (SSSR count). The maximum Gasteiger partial charge on any atom is 0.416 e. The standard InChI is InChI=1S/C19H17F3N2O2S/c20-19(21,22)16-3-1-14-7-10-24(18(14)12-16)27(25,26)17-4-2-13-5-8-23-9-6-15(13)11-17/h1-4,7,10-12,23H,5-6,8-9H2. The SMILES string of the molecule is O=S(=O)(c1ccc2c(c1)CCNCC2)n1ccc2ccc(C(F)(F)F)cc21. The van der Waals surface area contributed by atoms with Crippen molar-refractivity contribution in [3.63, 3.8) is 0 Å². The lowest BCUT2D eigenvalue weighted by atomic mass is 10.0. The van der Waals surface area contributed by atoms with Crippen LogP contribution in [0.3, 0.4) is 0 Å². The number of rotatable bonds is 2. The monoisotopic (exact) mass is 394 g/mol. The Morgan fingerprint density at radius 2 is 1.67 bits per heavy atom. The summed E-state index contributed by atoms with van der Waals surface area (Å²) < 4.78 is 66.2. The van der Waals surface area contributed by atoms with Gasteiger partial charge in [-0.1, -0.05) is 12.1 Å². The molecule has 0 amide bonds. The lowest BCUT2D eigenvalue weighted by Crippen LogP contribution is -2.16. The summed E-state index contributed by atoms with van der Waals surface area (Å²) in [4.78, 5) is 0.0815. The molecule has 142 valence electrons. The van der Waals surface area contributed by atoms with E-state index in [4.69, 9.17) is 0 Å². The van der Waals surface area contributed by atoms with Gasteiger partial charge in [-0.25, -0.2) is 12.4 Å². The molecule has 2 heterocycles. The van der Waals surface area contributed by atoms with Crippen LogP contribution in [0.4, 0.5) is 13.2 Å². The lowest BCUT2D eigenvalue weighted by molar-refractivity contribution is -0.137. The topological polar surface area (TPSA) is 51.1 Å². The van der Waals surface area contributed by atoms with Crippen molar-refractivity contribution in [2.45, 2.75) is 23.9 Å². The molecule has 2 aromatic carbocycles. The van der Waals surface area contributed by atoms with Crippen molar-refractivity contribution in [2.75, 3.05) is 13.1 Å². The van der Waals surface area contributed by atoms with Crippen LogP contribution in [-0.2, 0) is 29.0 Å². The van der Waals surface area contributed by atoms with Crippen LogP contribution in [-0.4, -0.2) is 25.5 Å². The van der Waals surface area contributed by atoms with Crippen molar-refractivity contribution in [3.05, 3.63) is 65.4 Å². The van der Waals surface area contributed by atoms with Crippen LogP contribution in [0.2, 0.25) is 0 Å². The zero-order valence-electron chi connectivity index (χ0n) is 14.3. The summed E-state index contributed by atoms with van der Waals surface area (Å²) in [5, 5.41) is 3.70. The normalized spacial score (nSPS) is 15.5. The van der Waals surface area contributed by atoms with Gasteiger partial charge < -0.3 is 5.32 Å². The van der Waals surface area contributed by atoms with E-state index in [1.165, 1.54) is 24.4 Å². The second-order valence-electron chi connectivity index (χ2n) is 6.57. The predicted octanol–water partition coefficient (Wildman–Crippen LogP) is 3.59. The third-order valence-electron chi connectivity index (χ3n) is 4.86. The average molecular weight is 394 g/mol. The Morgan fingerprint density at radius 1 is 0.926 bits per heavy atom. The van der Waals surface area contributed by atoms with Crippen LogP contribution in [0.15, 0.2) is 53.6 Å². The minimum Gasteiger partial charge on any atom is -0.316 e. The molecule has 1 aromatic heterocycles. The van der Waals surface area contributed by atoms with Gasteiger partial charge in [-0.05, 0) is 67.4 Å². The van der Waals surface area contributed by atoms with Crippen molar-refractivity contribution in [1.82, 2.24) is 9.29 Å². The number of alkyl halides is 3. The van der Waals surface area contributed by atoms with Gasteiger partial charge in [0.15, 0.2) is 0 Å². The first kappa shape index (κ1) is 18.1. The molecule has 3 aromatic rings. The lowest BCUT2D eigenvalue weighted by Gasteiger charge is -2.12. The molecule has 0 saturated heterocycles. The minimum atomic E-state index is -4.54. The maximum absolute atomic E-state index is 13.1. The van der Waals surface area contributed by atoms with E-state index in [-0.39, 0.29) is 10.4 Å². The molecule has 0 radical (unpaired) electrons. The highest BCUT2D eigenvalue weighted by atomic mass is 32.2. The van der Waals surface area contributed by atoms with E-state index < -0.39 is 21.8 Å². The molecule has 0 saturated carbocycles. The van der Waals surface area contributed by atoms with Crippen LogP contribution in [0.1, 0.15) is 16.7 Å². The Labute approximate surface area is 154 Å². The van der Waals surface area contributed by atoms with Crippen LogP contribution < -0.4 is 5.32 Å². The zero-order valence-corrected chi connectivity index (χ0v) is 15.1. The summed E-state index contributed by atoms with van der Waals surface area (Å²) in [7, 11) is -4.00. The number of nitrogens with one attached hydrogen (secondary N) is 1. The second-order valence-corrected chi connectivity index (χ2v) is 8.38. The van der Waals surface area contributed by atoms with Crippen LogP contribution in [0, 0.1) is 0 Å². The Bertz CT molecular complexity index is 1120. The van der Waals surface area contributed by atoms with Gasteiger partial charge in [0.05, 0.1) is 16.0 Å². The Morgan fingerprint density at radius 3 is 2.41 bits per heavy atom. The molecular formula is C19H17F3N2O2S. The fourth-order valence-corrected chi connectivity index (χ4v) is 4.81. The number of fused-ring (bicyclic) bond motifs is 2. The van der Waals surface area contributed by atoms with Gasteiger partial charge in [-0.3, -0.25) is 0 Å². The van der Waals surface area contributed by atoms with Crippen LogP contribution in [0.25, 0.3) is 10.9 Å². The molecule has 4 nitrogen and oxygen atoms in total. The molecule has 1 aliphatic rings. The largest absolute Gasteiger partial charge is 0.416 e. The van der Waals surface area contributed by atoms with E-state index in [0.717, 1.165) is 46.7 Å². The highest BCUT2D eigenvalue weighted by Gasteiger charge is 2.31. The maximum atomic E-state index is 13.1. The van der Waals surface area contributed by atoms with E-state index >= 15 is 0 Å². The van der Waals surface area contributed by atoms with Gasteiger partial charge in [0, 0.05) is 11.6 Å². The van der Waals surface area contributed by atoms with E-state index in [0.29, 0.717) is 11.8 Å². The molecule has 0 spiro atoms. The van der Waals surface area contributed by atoms with Crippen LogP contribution >= 0.6 is 0 Å². The van der Waals surface area contributed by atoms with Gasteiger partial charge in [-0.2, -0.15) is 13.2 Å². The van der Waals surface area contributed by atoms with Crippen molar-refractivity contribution in [2.24, 2.45) is 0 Å². The molecule has 0 bridgehead atoms. The molecular weight excluding hydrogens is 377 g/mol. The smallest absolute Gasteiger partial charge is 0.316 e. The van der Waals surface area contributed by atoms with E-state index in [1.807, 2.05) is 0 Å². The zero-order chi connectivity index (χ0) is 19.2. The summed E-state index contributed by atoms with van der Waals surface area (Å²) in [6.45, 7) is 1.60. The van der Waals surface area contributed by atoms with Gasteiger partial charge in [0.25, 0.3) is 10.0 Å². The van der Waals surface area contributed by atoms with E-state index in [9.17, 15) is 21.6 Å². The van der Waals surface area contributed by atoms with E-state index in [2.05, 4.69) is 5.32 Å². The van der Waals surface area contributed by atoms with Crippen molar-refractivity contribution < 1.29 is 21.6 Å². The molecule has 27 heavy (non-hydrogen) atoms. The number of aromatic nitrogens is 1. The fraction of sp³-hybridized carbons (Fsp3) is 0.263. The first-order chi connectivity index (χ1) is 12.8. The average Bonchev–Trinajstić information content (AvgIpc) is 2.91. The summed E-state index contributed by atoms with van der Waals surface area (Å²) in [5.41, 5.74) is 1.18. The first-order valence-electron chi connectivity index (χ1n) is 8.53. The number of nitrogens with zero attached hydrogens (tertiary/aromatic N) is 1. The molecule has 0 aliphatic carbocycles. The minimum absolute atomic E-state index is 0.0152. The Balaban J connectivity index is 1.84. The van der Waals surface area contributed by atoms with Gasteiger partial charge in [0.2, 0.25) is 0 Å². The Hall–Kier alpha value is -2.32. The number of halogens is 3. The van der Waals surface area contributed by atoms with Gasteiger partial charge in [-0.15, -0.1) is 0 Å². The third kappa shape index (κ3) is 3.23. The summed E-state index contributed by atoms with van der Waals surface area (Å²) in [6, 6.07) is 9.57. The van der Waals surface area contributed by atoms with Gasteiger partial charge >= 0.3 is 6.18 Å². The second kappa shape index (κ2) is 6.38. The first-order valence-corrected chi connectivity index (χ1v) is 9.97. The highest BCUT2D eigenvalue weighted by Crippen LogP contribution is 2.33. The van der Waals surface area contributed by atoms with Gasteiger partial charge in [0.1, 0.15) is 0 Å². The highest BCUT2D eigenvalue weighted by molar-refractivity contribution is 7.90. The summed E-state index contributed by atoms with van der Waals surface area (Å²) in [5.74, 6) is 0. The third-order valence-corrected chi connectivity index (χ3v) is 6.55. The van der Waals surface area contributed by atoms with Crippen LogP contribution in [0.5, 0.6) is 0 Å². The number of hydrogen-bond donors (Lipinski definition) is 1. The molecule has 0 fully saturated rings. The Kier molecular flexibility index (Phi) is 4.27. The van der Waals surface area contributed by atoms with Crippen molar-refractivity contribution >= 4 is 20.9 Å². The fourth-order valence-electron chi connectivity index (χ4n) is 3.41. The van der Waals surface area contributed by atoms with Crippen molar-refractivity contribution in [3.8, 4) is 0 Å². The quantitative estimate of drug-likeness (QED) is 0.723. The van der Waals surface area contributed by atoms with Crippen molar-refractivity contribution in [1.29, 1.82) is 0 Å². The molecule has 1 N–H and O–H groups in total. The molecule has 8 heteroatoms. The molecule has 0 atom stereocenters. The molecule has 0 unspecified atom stereocenters. The van der Waals surface area contributed by atoms with E-state index in [1.54, 1.807) is 12.1 Å². The number of benzene rings is 2. The number of hydrogen-bond acceptors (Lipinski definition) is 3.